The average Bonchev–Trinajstić information content (AvgIpc) is 3.16. The van der Waals surface area contributed by atoms with Gasteiger partial charge in [-0.2, -0.15) is 5.10 Å². The molecule has 1 aromatic carbocycles. The Bertz CT molecular complexity index is 1130. The van der Waals surface area contributed by atoms with Gasteiger partial charge in [-0.25, -0.2) is 17.5 Å². The highest BCUT2D eigenvalue weighted by molar-refractivity contribution is 7.89. The molecule has 156 valence electrons. The van der Waals surface area contributed by atoms with E-state index in [1.54, 1.807) is 25.5 Å². The Labute approximate surface area is 172 Å². The Hall–Kier alpha value is -2.50. The van der Waals surface area contributed by atoms with Crippen molar-refractivity contribution in [3.8, 4) is 11.8 Å². The van der Waals surface area contributed by atoms with Gasteiger partial charge in [0.05, 0.1) is 11.7 Å². The summed E-state index contributed by atoms with van der Waals surface area (Å²) in [6.45, 7) is 5.47. The predicted octanol–water partition coefficient (Wildman–Crippen LogP) is 2.96. The van der Waals surface area contributed by atoms with E-state index in [1.165, 1.54) is 28.9 Å². The molecule has 0 unspecified atom stereocenters. The smallest absolute Gasteiger partial charge is 0.322 e. The van der Waals surface area contributed by atoms with Crippen molar-refractivity contribution in [3.05, 3.63) is 46.8 Å². The fraction of sp³-hybridized carbons (Fsp3) is 0.353. The van der Waals surface area contributed by atoms with Crippen LogP contribution < -0.4 is 9.46 Å². The summed E-state index contributed by atoms with van der Waals surface area (Å²) < 4.78 is 49.8. The van der Waals surface area contributed by atoms with Crippen LogP contribution in [0, 0.1) is 12.7 Å². The Balaban J connectivity index is 1.86. The fourth-order valence-electron chi connectivity index (χ4n) is 2.86. The number of aromatic nitrogens is 5. The molecular weight excluding hydrogens is 423 g/mol. The van der Waals surface area contributed by atoms with Gasteiger partial charge in [0.1, 0.15) is 21.6 Å². The second-order valence-corrected chi connectivity index (χ2v) is 8.32. The van der Waals surface area contributed by atoms with Crippen LogP contribution in [0.5, 0.6) is 11.8 Å². The number of aryl methyl sites for hydroxylation is 2. The lowest BCUT2D eigenvalue weighted by molar-refractivity contribution is 0.407. The molecule has 0 bridgehead atoms. The first-order valence-corrected chi connectivity index (χ1v) is 10.6. The zero-order valence-corrected chi connectivity index (χ0v) is 17.8. The van der Waals surface area contributed by atoms with Gasteiger partial charge in [0.15, 0.2) is 5.82 Å². The highest BCUT2D eigenvalue weighted by Crippen LogP contribution is 2.27. The highest BCUT2D eigenvalue weighted by Gasteiger charge is 2.29. The Morgan fingerprint density at radius 1 is 1.28 bits per heavy atom. The lowest BCUT2D eigenvalue weighted by Crippen LogP contribution is -2.29. The minimum absolute atomic E-state index is 0.0134. The number of halogens is 2. The minimum Gasteiger partial charge on any atom is -0.424 e. The molecule has 2 aromatic heterocycles. The number of nitrogens with one attached hydrogen (secondary N) is 1. The van der Waals surface area contributed by atoms with Crippen LogP contribution >= 0.6 is 11.6 Å². The van der Waals surface area contributed by atoms with Crippen LogP contribution in [0.25, 0.3) is 0 Å². The molecule has 9 nitrogen and oxygen atoms in total. The number of benzene rings is 1. The fourth-order valence-corrected chi connectivity index (χ4v) is 4.81. The average molecular weight is 443 g/mol. The third kappa shape index (κ3) is 4.26. The van der Waals surface area contributed by atoms with Crippen molar-refractivity contribution in [2.45, 2.75) is 38.3 Å². The van der Waals surface area contributed by atoms with Gasteiger partial charge >= 0.3 is 6.01 Å². The molecule has 0 fully saturated rings. The molecule has 0 aliphatic heterocycles. The molecule has 0 saturated heterocycles. The van der Waals surface area contributed by atoms with Gasteiger partial charge in [-0.3, -0.25) is 9.25 Å². The summed E-state index contributed by atoms with van der Waals surface area (Å²) >= 11 is 6.09. The second kappa shape index (κ2) is 8.09. The number of rotatable bonds is 7. The third-order valence-electron chi connectivity index (χ3n) is 4.17. The second-order valence-electron chi connectivity index (χ2n) is 6.31. The number of nitrogens with zero attached hydrogens (tertiary/aromatic N) is 5. The molecule has 0 radical (unpaired) electrons. The highest BCUT2D eigenvalue weighted by atomic mass is 35.5. The van der Waals surface area contributed by atoms with Crippen molar-refractivity contribution in [3.63, 3.8) is 0 Å². The molecule has 0 amide bonds. The summed E-state index contributed by atoms with van der Waals surface area (Å²) in [5, 5.41) is 12.1. The van der Waals surface area contributed by atoms with E-state index in [-0.39, 0.29) is 27.6 Å². The van der Waals surface area contributed by atoms with Crippen LogP contribution in [-0.2, 0) is 23.6 Å². The summed E-state index contributed by atoms with van der Waals surface area (Å²) in [5.41, 5.74) is 0.287. The molecule has 2 heterocycles. The quantitative estimate of drug-likeness (QED) is 0.603. The summed E-state index contributed by atoms with van der Waals surface area (Å²) in [4.78, 5) is -0.0844. The lowest BCUT2D eigenvalue weighted by Gasteiger charge is -2.15. The van der Waals surface area contributed by atoms with E-state index in [0.717, 1.165) is 0 Å². The topological polar surface area (TPSA) is 104 Å². The van der Waals surface area contributed by atoms with Gasteiger partial charge in [-0.15, -0.1) is 5.10 Å². The normalized spacial score (nSPS) is 12.9. The lowest BCUT2D eigenvalue weighted by atomic mass is 10.3. The molecule has 29 heavy (non-hydrogen) atoms. The van der Waals surface area contributed by atoms with E-state index >= 15 is 0 Å². The van der Waals surface area contributed by atoms with E-state index in [9.17, 15) is 12.8 Å². The molecule has 1 N–H and O–H groups in total. The van der Waals surface area contributed by atoms with Crippen molar-refractivity contribution >= 4 is 21.6 Å². The molecule has 0 aliphatic carbocycles. The van der Waals surface area contributed by atoms with Crippen molar-refractivity contribution in [1.82, 2.24) is 29.3 Å². The van der Waals surface area contributed by atoms with Crippen molar-refractivity contribution in [2.24, 2.45) is 7.05 Å². The van der Waals surface area contributed by atoms with Crippen LogP contribution in [0.1, 0.15) is 31.4 Å². The number of ether oxygens (including phenoxy) is 1. The minimum atomic E-state index is -3.96. The molecule has 0 spiro atoms. The zero-order valence-electron chi connectivity index (χ0n) is 16.2. The SMILES string of the molecule is CCn1c(Oc2ccc(F)cc2)nnc1[C@@H](C)NS(=O)(=O)c1c(C)nn(C)c1Cl. The van der Waals surface area contributed by atoms with Crippen molar-refractivity contribution in [2.75, 3.05) is 0 Å². The van der Waals surface area contributed by atoms with E-state index in [0.29, 0.717) is 18.1 Å². The van der Waals surface area contributed by atoms with Crippen molar-refractivity contribution in [1.29, 1.82) is 0 Å². The van der Waals surface area contributed by atoms with E-state index in [1.807, 2.05) is 6.92 Å². The van der Waals surface area contributed by atoms with Crippen LogP contribution in [0.4, 0.5) is 4.39 Å². The summed E-state index contributed by atoms with van der Waals surface area (Å²) in [7, 11) is -2.40. The first-order valence-electron chi connectivity index (χ1n) is 8.72. The van der Waals surface area contributed by atoms with Gasteiger partial charge < -0.3 is 4.74 Å². The summed E-state index contributed by atoms with van der Waals surface area (Å²) in [6, 6.07) is 4.88. The summed E-state index contributed by atoms with van der Waals surface area (Å²) in [6.07, 6.45) is 0. The molecule has 0 saturated carbocycles. The Kier molecular flexibility index (Phi) is 5.92. The molecule has 3 rings (SSSR count). The number of sulfonamides is 1. The predicted molar refractivity (Wildman–Crippen MR) is 104 cm³/mol. The number of hydrogen-bond acceptors (Lipinski definition) is 6. The maximum Gasteiger partial charge on any atom is 0.322 e. The summed E-state index contributed by atoms with van der Waals surface area (Å²) in [5.74, 6) is 0.347. The van der Waals surface area contributed by atoms with Crippen LogP contribution in [0.15, 0.2) is 29.2 Å². The first-order chi connectivity index (χ1) is 13.6. The van der Waals surface area contributed by atoms with Crippen LogP contribution in [-0.4, -0.2) is 33.0 Å². The molecular formula is C17H20ClFN6O3S. The van der Waals surface area contributed by atoms with Gasteiger partial charge in [0.2, 0.25) is 10.0 Å². The molecule has 12 heteroatoms. The van der Waals surface area contributed by atoms with Gasteiger partial charge in [-0.1, -0.05) is 16.7 Å². The first kappa shape index (κ1) is 21.2. The van der Waals surface area contributed by atoms with E-state index < -0.39 is 16.1 Å². The Morgan fingerprint density at radius 2 is 1.93 bits per heavy atom. The maximum atomic E-state index is 13.1. The van der Waals surface area contributed by atoms with E-state index in [2.05, 4.69) is 20.0 Å². The van der Waals surface area contributed by atoms with Gasteiger partial charge in [0.25, 0.3) is 0 Å². The van der Waals surface area contributed by atoms with Crippen LogP contribution in [0.3, 0.4) is 0 Å². The monoisotopic (exact) mass is 442 g/mol. The number of hydrogen-bond donors (Lipinski definition) is 1. The van der Waals surface area contributed by atoms with Gasteiger partial charge in [0, 0.05) is 13.6 Å². The van der Waals surface area contributed by atoms with Crippen LogP contribution in [0.2, 0.25) is 5.15 Å². The third-order valence-corrected chi connectivity index (χ3v) is 6.41. The largest absolute Gasteiger partial charge is 0.424 e. The molecule has 0 aliphatic rings. The molecule has 3 aromatic rings. The van der Waals surface area contributed by atoms with Gasteiger partial charge in [-0.05, 0) is 45.0 Å². The standard InChI is InChI=1S/C17H20ClFN6O3S/c1-5-25-16(20-21-17(25)28-13-8-6-12(19)7-9-13)11(3)23-29(26,27)14-10(2)22-24(4)15(14)18/h6-9,11,23H,5H2,1-4H3/t11-/m1/s1. The molecule has 1 atom stereocenters. The van der Waals surface area contributed by atoms with Crippen molar-refractivity contribution < 1.29 is 17.5 Å². The van der Waals surface area contributed by atoms with E-state index in [4.69, 9.17) is 16.3 Å². The zero-order chi connectivity index (χ0) is 21.3. The Morgan fingerprint density at radius 3 is 2.48 bits per heavy atom. The maximum absolute atomic E-state index is 13.1.